The molecular weight excluding hydrogens is 274 g/mol. The Morgan fingerprint density at radius 2 is 2.40 bits per heavy atom. The molecule has 1 fully saturated rings. The molecule has 1 saturated carbocycles. The predicted molar refractivity (Wildman–Crippen MR) is 79.0 cm³/mol. The van der Waals surface area contributed by atoms with Gasteiger partial charge in [0.05, 0.1) is 10.6 Å². The maximum Gasteiger partial charge on any atom is 0.261 e. The summed E-state index contributed by atoms with van der Waals surface area (Å²) >= 11 is 1.47. The number of amides is 1. The van der Waals surface area contributed by atoms with Crippen LogP contribution in [0.5, 0.6) is 0 Å². The number of rotatable bonds is 5. The number of thiophene rings is 1. The van der Waals surface area contributed by atoms with Crippen molar-refractivity contribution in [2.75, 3.05) is 6.61 Å². The van der Waals surface area contributed by atoms with Crippen molar-refractivity contribution >= 4 is 27.5 Å². The first-order valence-corrected chi connectivity index (χ1v) is 7.76. The molecule has 6 heteroatoms. The number of aliphatic hydroxyl groups is 1. The summed E-state index contributed by atoms with van der Waals surface area (Å²) in [7, 11) is 1.90. The molecule has 1 amide bonds. The van der Waals surface area contributed by atoms with Crippen LogP contribution in [0.1, 0.15) is 34.6 Å². The first kappa shape index (κ1) is 13.6. The van der Waals surface area contributed by atoms with Gasteiger partial charge in [-0.05, 0) is 38.2 Å². The summed E-state index contributed by atoms with van der Waals surface area (Å²) in [5, 5.41) is 17.5. The Hall–Kier alpha value is -1.40. The molecule has 0 aliphatic heterocycles. The standard InChI is InChI=1S/C14H19N3O2S/c1-8-10-7-12(20-14(10)17(2)16-8)13(19)15-11(5-6-18)9-3-4-9/h7,9,11,18H,3-6H2,1-2H3,(H,15,19). The van der Waals surface area contributed by atoms with Gasteiger partial charge < -0.3 is 10.4 Å². The van der Waals surface area contributed by atoms with E-state index in [1.165, 1.54) is 11.3 Å². The average Bonchev–Trinajstić information content (AvgIpc) is 3.09. The van der Waals surface area contributed by atoms with Crippen molar-refractivity contribution in [1.82, 2.24) is 15.1 Å². The van der Waals surface area contributed by atoms with Gasteiger partial charge in [-0.15, -0.1) is 11.3 Å². The van der Waals surface area contributed by atoms with Gasteiger partial charge in [-0.3, -0.25) is 9.48 Å². The highest BCUT2D eigenvalue weighted by Gasteiger charge is 2.32. The van der Waals surface area contributed by atoms with Crippen molar-refractivity contribution in [1.29, 1.82) is 0 Å². The van der Waals surface area contributed by atoms with Crippen LogP contribution in [0, 0.1) is 12.8 Å². The van der Waals surface area contributed by atoms with E-state index in [0.717, 1.165) is 33.6 Å². The van der Waals surface area contributed by atoms with E-state index in [0.29, 0.717) is 12.3 Å². The minimum absolute atomic E-state index is 0.0315. The van der Waals surface area contributed by atoms with Gasteiger partial charge in [0.15, 0.2) is 0 Å². The van der Waals surface area contributed by atoms with E-state index in [2.05, 4.69) is 10.4 Å². The molecule has 2 aromatic rings. The van der Waals surface area contributed by atoms with Crippen LogP contribution in [0.4, 0.5) is 0 Å². The number of hydrogen-bond donors (Lipinski definition) is 2. The lowest BCUT2D eigenvalue weighted by Gasteiger charge is -2.16. The second-order valence-corrected chi connectivity index (χ2v) is 6.50. The quantitative estimate of drug-likeness (QED) is 0.884. The van der Waals surface area contributed by atoms with Crippen molar-refractivity contribution in [3.05, 3.63) is 16.6 Å². The van der Waals surface area contributed by atoms with Crippen LogP contribution in [0.25, 0.3) is 10.2 Å². The Labute approximate surface area is 121 Å². The number of hydrogen-bond acceptors (Lipinski definition) is 4. The molecule has 1 atom stereocenters. The van der Waals surface area contributed by atoms with Crippen LogP contribution in [0.15, 0.2) is 6.07 Å². The number of carbonyl (C=O) groups excluding carboxylic acids is 1. The summed E-state index contributed by atoms with van der Waals surface area (Å²) in [5.41, 5.74) is 0.951. The Kier molecular flexibility index (Phi) is 3.52. The molecule has 3 rings (SSSR count). The highest BCUT2D eigenvalue weighted by atomic mass is 32.1. The zero-order valence-corrected chi connectivity index (χ0v) is 12.5. The number of aromatic nitrogens is 2. The summed E-state index contributed by atoms with van der Waals surface area (Å²) in [6.45, 7) is 2.08. The van der Waals surface area contributed by atoms with E-state index in [4.69, 9.17) is 5.11 Å². The van der Waals surface area contributed by atoms with Crippen LogP contribution in [-0.2, 0) is 7.05 Å². The van der Waals surface area contributed by atoms with E-state index in [1.807, 2.05) is 24.7 Å². The lowest BCUT2D eigenvalue weighted by molar-refractivity contribution is 0.0928. The highest BCUT2D eigenvalue weighted by Crippen LogP contribution is 2.34. The molecule has 1 aliphatic rings. The molecule has 2 N–H and O–H groups in total. The van der Waals surface area contributed by atoms with E-state index in [1.54, 1.807) is 0 Å². The largest absolute Gasteiger partial charge is 0.396 e. The molecule has 1 unspecified atom stereocenters. The van der Waals surface area contributed by atoms with E-state index in [-0.39, 0.29) is 18.6 Å². The molecule has 108 valence electrons. The summed E-state index contributed by atoms with van der Waals surface area (Å²) in [4.78, 5) is 14.1. The third-order valence-corrected chi connectivity index (χ3v) is 5.07. The SMILES string of the molecule is Cc1nn(C)c2sc(C(=O)NC(CCO)C3CC3)cc12. The molecule has 1 aliphatic carbocycles. The third-order valence-electron chi connectivity index (χ3n) is 3.87. The lowest BCUT2D eigenvalue weighted by atomic mass is 10.1. The van der Waals surface area contributed by atoms with Crippen LogP contribution in [-0.4, -0.2) is 33.4 Å². The second kappa shape index (κ2) is 5.18. The number of fused-ring (bicyclic) bond motifs is 1. The van der Waals surface area contributed by atoms with Crippen molar-refractivity contribution in [2.24, 2.45) is 13.0 Å². The predicted octanol–water partition coefficient (Wildman–Crippen LogP) is 1.83. The molecule has 5 nitrogen and oxygen atoms in total. The Morgan fingerprint density at radius 1 is 1.65 bits per heavy atom. The monoisotopic (exact) mass is 293 g/mol. The number of carbonyl (C=O) groups is 1. The highest BCUT2D eigenvalue weighted by molar-refractivity contribution is 7.20. The number of nitrogens with one attached hydrogen (secondary N) is 1. The molecule has 0 spiro atoms. The van der Waals surface area contributed by atoms with Crippen LogP contribution in [0.2, 0.25) is 0 Å². The fourth-order valence-electron chi connectivity index (χ4n) is 2.62. The Morgan fingerprint density at radius 3 is 3.00 bits per heavy atom. The molecule has 2 heterocycles. The first-order valence-electron chi connectivity index (χ1n) is 6.95. The zero-order chi connectivity index (χ0) is 14.3. The van der Waals surface area contributed by atoms with E-state index < -0.39 is 0 Å². The minimum atomic E-state index is -0.0315. The van der Waals surface area contributed by atoms with Crippen molar-refractivity contribution in [3.8, 4) is 0 Å². The van der Waals surface area contributed by atoms with Crippen molar-refractivity contribution in [2.45, 2.75) is 32.2 Å². The molecule has 0 aromatic carbocycles. The fourth-order valence-corrected chi connectivity index (χ4v) is 3.65. The van der Waals surface area contributed by atoms with Gasteiger partial charge in [0, 0.05) is 25.1 Å². The summed E-state index contributed by atoms with van der Waals surface area (Å²) in [6, 6.07) is 2.03. The van der Waals surface area contributed by atoms with Gasteiger partial charge >= 0.3 is 0 Å². The van der Waals surface area contributed by atoms with Crippen LogP contribution in [0.3, 0.4) is 0 Å². The van der Waals surface area contributed by atoms with E-state index >= 15 is 0 Å². The third kappa shape index (κ3) is 2.45. The van der Waals surface area contributed by atoms with Gasteiger partial charge in [-0.1, -0.05) is 0 Å². The van der Waals surface area contributed by atoms with Gasteiger partial charge in [-0.2, -0.15) is 5.10 Å². The van der Waals surface area contributed by atoms with Crippen molar-refractivity contribution in [3.63, 3.8) is 0 Å². The number of nitrogens with zero attached hydrogens (tertiary/aromatic N) is 2. The first-order chi connectivity index (χ1) is 9.60. The van der Waals surface area contributed by atoms with Gasteiger partial charge in [0.2, 0.25) is 0 Å². The van der Waals surface area contributed by atoms with E-state index in [9.17, 15) is 4.79 Å². The minimum Gasteiger partial charge on any atom is -0.396 e. The summed E-state index contributed by atoms with van der Waals surface area (Å²) < 4.78 is 1.82. The fraction of sp³-hybridized carbons (Fsp3) is 0.571. The van der Waals surface area contributed by atoms with Crippen LogP contribution >= 0.6 is 11.3 Å². The second-order valence-electron chi connectivity index (χ2n) is 5.47. The maximum absolute atomic E-state index is 12.3. The maximum atomic E-state index is 12.3. The summed E-state index contributed by atoms with van der Waals surface area (Å²) in [6.07, 6.45) is 2.95. The number of aliphatic hydroxyl groups excluding tert-OH is 1. The normalized spacial score (nSPS) is 16.6. The average molecular weight is 293 g/mol. The summed E-state index contributed by atoms with van der Waals surface area (Å²) in [5.74, 6) is 0.514. The van der Waals surface area contributed by atoms with Crippen LogP contribution < -0.4 is 5.32 Å². The topological polar surface area (TPSA) is 67.2 Å². The molecule has 20 heavy (non-hydrogen) atoms. The number of aryl methyl sites for hydroxylation is 2. The molecule has 0 saturated heterocycles. The van der Waals surface area contributed by atoms with Gasteiger partial charge in [-0.25, -0.2) is 0 Å². The van der Waals surface area contributed by atoms with Gasteiger partial charge in [0.25, 0.3) is 5.91 Å². The molecular formula is C14H19N3O2S. The molecule has 0 bridgehead atoms. The molecule has 2 aromatic heterocycles. The zero-order valence-electron chi connectivity index (χ0n) is 11.7. The Balaban J connectivity index is 1.79. The molecule has 0 radical (unpaired) electrons. The smallest absolute Gasteiger partial charge is 0.261 e. The van der Waals surface area contributed by atoms with Crippen molar-refractivity contribution < 1.29 is 9.90 Å². The lowest BCUT2D eigenvalue weighted by Crippen LogP contribution is -2.36. The Bertz CT molecular complexity index is 608. The van der Waals surface area contributed by atoms with Gasteiger partial charge in [0.1, 0.15) is 4.83 Å².